The van der Waals surface area contributed by atoms with Crippen molar-refractivity contribution < 1.29 is 32.7 Å². The van der Waals surface area contributed by atoms with Crippen LogP contribution in [0, 0.1) is 10.1 Å². The highest BCUT2D eigenvalue weighted by atomic mass is 19.3. The number of carbonyl (C=O) groups excluding carboxylic acids is 1. The summed E-state index contributed by atoms with van der Waals surface area (Å²) in [4.78, 5) is 20.8. The van der Waals surface area contributed by atoms with Gasteiger partial charge >= 0.3 is 12.1 Å². The Hall–Kier alpha value is -2.45. The van der Waals surface area contributed by atoms with Crippen LogP contribution in [0.4, 0.5) is 14.5 Å². The van der Waals surface area contributed by atoms with Crippen LogP contribution in [0.5, 0.6) is 11.5 Å². The van der Waals surface area contributed by atoms with Gasteiger partial charge in [0.25, 0.3) is 5.69 Å². The molecule has 0 heterocycles. The molecule has 9 heteroatoms. The lowest BCUT2D eigenvalue weighted by atomic mass is 10.3. The van der Waals surface area contributed by atoms with Gasteiger partial charge in [0.1, 0.15) is 0 Å². The SMILES string of the molecule is CCOC(=O)C(F)(F)Oc1ccc([N+](=O)[O-])cc1OC. The predicted octanol–water partition coefficient (Wildman–Crippen LogP) is 2.14. The zero-order valence-electron chi connectivity index (χ0n) is 10.6. The fourth-order valence-electron chi connectivity index (χ4n) is 1.25. The Balaban J connectivity index is 3.02. The zero-order chi connectivity index (χ0) is 15.3. The van der Waals surface area contributed by atoms with E-state index in [2.05, 4.69) is 9.47 Å². The van der Waals surface area contributed by atoms with E-state index in [0.717, 1.165) is 25.3 Å². The number of ether oxygens (including phenoxy) is 3. The van der Waals surface area contributed by atoms with Gasteiger partial charge in [0.2, 0.25) is 0 Å². The second kappa shape index (κ2) is 6.13. The molecule has 0 saturated heterocycles. The molecule has 0 atom stereocenters. The summed E-state index contributed by atoms with van der Waals surface area (Å²) in [6, 6.07) is 2.75. The first-order valence-electron chi connectivity index (χ1n) is 5.38. The summed E-state index contributed by atoms with van der Waals surface area (Å²) in [6.45, 7) is 1.12. The van der Waals surface area contributed by atoms with Gasteiger partial charge in [-0.3, -0.25) is 10.1 Å². The molecule has 1 rings (SSSR count). The number of carbonyl (C=O) groups is 1. The average molecular weight is 291 g/mol. The number of benzene rings is 1. The van der Waals surface area contributed by atoms with Crippen molar-refractivity contribution in [2.24, 2.45) is 0 Å². The number of methoxy groups -OCH3 is 1. The molecule has 0 aliphatic heterocycles. The van der Waals surface area contributed by atoms with E-state index in [4.69, 9.17) is 4.74 Å². The smallest absolute Gasteiger partial charge is 0.493 e. The highest BCUT2D eigenvalue weighted by molar-refractivity contribution is 5.76. The van der Waals surface area contributed by atoms with E-state index < -0.39 is 22.8 Å². The van der Waals surface area contributed by atoms with Crippen LogP contribution in [-0.4, -0.2) is 30.7 Å². The topological polar surface area (TPSA) is 87.9 Å². The Bertz CT molecular complexity index is 520. The number of nitrogens with zero attached hydrogens (tertiary/aromatic N) is 1. The minimum absolute atomic E-state index is 0.241. The Labute approximate surface area is 112 Å². The number of esters is 1. The Kier molecular flexibility index (Phi) is 4.78. The summed E-state index contributed by atoms with van der Waals surface area (Å²) in [5.41, 5.74) is -0.367. The molecule has 0 spiro atoms. The number of rotatable bonds is 6. The number of nitro benzene ring substituents is 1. The maximum atomic E-state index is 13.4. The van der Waals surface area contributed by atoms with Gasteiger partial charge < -0.3 is 14.2 Å². The van der Waals surface area contributed by atoms with Crippen LogP contribution >= 0.6 is 0 Å². The third kappa shape index (κ3) is 3.53. The standard InChI is InChI=1S/C11H11F2NO6/c1-3-19-10(15)11(12,13)20-8-5-4-7(14(16)17)6-9(8)18-2/h4-6H,3H2,1-2H3. The van der Waals surface area contributed by atoms with E-state index in [1.165, 1.54) is 6.92 Å². The van der Waals surface area contributed by atoms with Gasteiger partial charge in [-0.2, -0.15) is 8.78 Å². The molecule has 20 heavy (non-hydrogen) atoms. The molecule has 7 nitrogen and oxygen atoms in total. The van der Waals surface area contributed by atoms with Gasteiger partial charge in [0.15, 0.2) is 11.5 Å². The molecule has 0 fully saturated rings. The van der Waals surface area contributed by atoms with Gasteiger partial charge in [-0.15, -0.1) is 0 Å². The number of nitro groups is 1. The van der Waals surface area contributed by atoms with Gasteiger partial charge in [-0.1, -0.05) is 0 Å². The predicted molar refractivity (Wildman–Crippen MR) is 61.9 cm³/mol. The third-order valence-corrected chi connectivity index (χ3v) is 2.11. The zero-order valence-corrected chi connectivity index (χ0v) is 10.6. The van der Waals surface area contributed by atoms with Crippen LogP contribution in [0.25, 0.3) is 0 Å². The van der Waals surface area contributed by atoms with Gasteiger partial charge in [0.05, 0.1) is 24.7 Å². The fraction of sp³-hybridized carbons (Fsp3) is 0.364. The van der Waals surface area contributed by atoms with Gasteiger partial charge in [0, 0.05) is 6.07 Å². The van der Waals surface area contributed by atoms with E-state index in [-0.39, 0.29) is 18.0 Å². The summed E-state index contributed by atoms with van der Waals surface area (Å²) < 4.78 is 39.8. The maximum Gasteiger partial charge on any atom is 0.502 e. The summed E-state index contributed by atoms with van der Waals surface area (Å²) in [5, 5.41) is 10.5. The second-order valence-electron chi connectivity index (χ2n) is 3.43. The number of halogens is 2. The van der Waals surface area contributed by atoms with Crippen molar-refractivity contribution in [3.05, 3.63) is 28.3 Å². The third-order valence-electron chi connectivity index (χ3n) is 2.11. The maximum absolute atomic E-state index is 13.4. The quantitative estimate of drug-likeness (QED) is 0.453. The van der Waals surface area contributed by atoms with Crippen LogP contribution in [0.15, 0.2) is 18.2 Å². The monoisotopic (exact) mass is 291 g/mol. The van der Waals surface area contributed by atoms with Crippen LogP contribution in [0.1, 0.15) is 6.92 Å². The van der Waals surface area contributed by atoms with Gasteiger partial charge in [-0.05, 0) is 13.0 Å². The molecule has 1 aromatic carbocycles. The van der Waals surface area contributed by atoms with Crippen molar-refractivity contribution in [2.75, 3.05) is 13.7 Å². The molecule has 1 aromatic rings. The highest BCUT2D eigenvalue weighted by Crippen LogP contribution is 2.34. The molecule has 0 aliphatic carbocycles. The Morgan fingerprint density at radius 2 is 2.05 bits per heavy atom. The first-order valence-corrected chi connectivity index (χ1v) is 5.38. The molecule has 0 radical (unpaired) electrons. The number of hydrogen-bond donors (Lipinski definition) is 0. The van der Waals surface area contributed by atoms with Crippen molar-refractivity contribution in [3.8, 4) is 11.5 Å². The molecule has 0 amide bonds. The largest absolute Gasteiger partial charge is 0.502 e. The molecule has 0 N–H and O–H groups in total. The van der Waals surface area contributed by atoms with Gasteiger partial charge in [-0.25, -0.2) is 4.79 Å². The lowest BCUT2D eigenvalue weighted by molar-refractivity contribution is -0.385. The lowest BCUT2D eigenvalue weighted by Crippen LogP contribution is -2.37. The minimum Gasteiger partial charge on any atom is -0.493 e. The first kappa shape index (κ1) is 15.6. The van der Waals surface area contributed by atoms with Crippen LogP contribution < -0.4 is 9.47 Å². The average Bonchev–Trinajstić information content (AvgIpc) is 2.38. The van der Waals surface area contributed by atoms with E-state index in [1.54, 1.807) is 0 Å². The van der Waals surface area contributed by atoms with Crippen molar-refractivity contribution in [2.45, 2.75) is 13.0 Å². The summed E-state index contributed by atoms with van der Waals surface area (Å²) in [7, 11) is 1.12. The molecule has 0 aromatic heterocycles. The van der Waals surface area contributed by atoms with Crippen LogP contribution in [0.2, 0.25) is 0 Å². The molecule has 0 unspecified atom stereocenters. The van der Waals surface area contributed by atoms with Crippen LogP contribution in [-0.2, 0) is 9.53 Å². The van der Waals surface area contributed by atoms with Crippen LogP contribution in [0.3, 0.4) is 0 Å². The summed E-state index contributed by atoms with van der Waals surface area (Å²) in [5.74, 6) is -2.68. The fourth-order valence-corrected chi connectivity index (χ4v) is 1.25. The second-order valence-corrected chi connectivity index (χ2v) is 3.43. The molecule has 0 aliphatic rings. The van der Waals surface area contributed by atoms with E-state index in [9.17, 15) is 23.7 Å². The minimum atomic E-state index is -4.22. The van der Waals surface area contributed by atoms with E-state index in [1.807, 2.05) is 0 Å². The molecular weight excluding hydrogens is 280 g/mol. The Morgan fingerprint density at radius 1 is 1.40 bits per heavy atom. The summed E-state index contributed by atoms with van der Waals surface area (Å²) in [6.07, 6.45) is -4.22. The first-order chi connectivity index (χ1) is 9.31. The molecule has 0 saturated carbocycles. The van der Waals surface area contributed by atoms with Crippen molar-refractivity contribution >= 4 is 11.7 Å². The highest BCUT2D eigenvalue weighted by Gasteiger charge is 2.45. The van der Waals surface area contributed by atoms with Crippen molar-refractivity contribution in [1.29, 1.82) is 0 Å². The normalized spacial score (nSPS) is 10.8. The number of hydrogen-bond acceptors (Lipinski definition) is 6. The summed E-state index contributed by atoms with van der Waals surface area (Å²) >= 11 is 0. The van der Waals surface area contributed by atoms with E-state index in [0.29, 0.717) is 0 Å². The Morgan fingerprint density at radius 3 is 2.55 bits per heavy atom. The molecular formula is C11H11F2NO6. The van der Waals surface area contributed by atoms with Crippen molar-refractivity contribution in [1.82, 2.24) is 0 Å². The van der Waals surface area contributed by atoms with Crippen molar-refractivity contribution in [3.63, 3.8) is 0 Å². The number of non-ortho nitro benzene ring substituents is 1. The van der Waals surface area contributed by atoms with E-state index >= 15 is 0 Å². The number of alkyl halides is 2. The molecule has 110 valence electrons. The lowest BCUT2D eigenvalue weighted by Gasteiger charge is -2.17. The molecule has 0 bridgehead atoms.